The first kappa shape index (κ1) is 13.8. The van der Waals surface area contributed by atoms with E-state index >= 15 is 0 Å². The summed E-state index contributed by atoms with van der Waals surface area (Å²) in [6, 6.07) is 15.3. The molecule has 0 aliphatic rings. The van der Waals surface area contributed by atoms with Crippen LogP contribution in [0.4, 0.5) is 0 Å². The van der Waals surface area contributed by atoms with Gasteiger partial charge in [0.1, 0.15) is 6.10 Å². The molecule has 0 aromatic heterocycles. The van der Waals surface area contributed by atoms with Gasteiger partial charge in [-0.05, 0) is 35.4 Å². The number of nitrogens with zero attached hydrogens (tertiary/aromatic N) is 1. The summed E-state index contributed by atoms with van der Waals surface area (Å²) in [4.78, 5) is 11.3. The maximum absolute atomic E-state index is 11.3. The smallest absolute Gasteiger partial charge is 0.337 e. The third-order valence-corrected chi connectivity index (χ3v) is 2.98. The normalized spacial score (nSPS) is 11.4. The predicted molar refractivity (Wildman–Crippen MR) is 73.0 cm³/mol. The van der Waals surface area contributed by atoms with Crippen molar-refractivity contribution in [2.24, 2.45) is 0 Å². The maximum atomic E-state index is 11.3. The number of aliphatic hydroxyl groups is 1. The van der Waals surface area contributed by atoms with Crippen LogP contribution in [0.5, 0.6) is 0 Å². The van der Waals surface area contributed by atoms with Crippen LogP contribution in [0, 0.1) is 11.3 Å². The van der Waals surface area contributed by atoms with Gasteiger partial charge in [0.2, 0.25) is 0 Å². The van der Waals surface area contributed by atoms with Crippen LogP contribution >= 0.6 is 0 Å². The molecular weight excluding hydrogens is 254 g/mol. The van der Waals surface area contributed by atoms with Gasteiger partial charge in [0.25, 0.3) is 0 Å². The molecule has 0 spiro atoms. The third-order valence-electron chi connectivity index (χ3n) is 2.98. The van der Waals surface area contributed by atoms with Gasteiger partial charge in [0.05, 0.1) is 24.3 Å². The summed E-state index contributed by atoms with van der Waals surface area (Å²) in [5.74, 6) is -0.419. The molecule has 0 radical (unpaired) electrons. The van der Waals surface area contributed by atoms with Crippen molar-refractivity contribution in [3.8, 4) is 6.07 Å². The van der Waals surface area contributed by atoms with E-state index in [1.165, 1.54) is 7.11 Å². The molecule has 1 atom stereocenters. The lowest BCUT2D eigenvalue weighted by Crippen LogP contribution is -2.03. The van der Waals surface area contributed by atoms with Crippen LogP contribution in [-0.2, 0) is 4.74 Å². The van der Waals surface area contributed by atoms with E-state index in [1.807, 2.05) is 6.07 Å². The van der Waals surface area contributed by atoms with Gasteiger partial charge in [0.15, 0.2) is 0 Å². The van der Waals surface area contributed by atoms with Crippen LogP contribution in [-0.4, -0.2) is 18.2 Å². The highest BCUT2D eigenvalue weighted by Gasteiger charge is 2.12. The Balaban J connectivity index is 2.27. The standard InChI is InChI=1S/C16H13NO3/c1-20-16(19)13-7-5-12(6-8-13)15(18)14-4-2-3-11(9-14)10-17/h2-9,15,18H,1H3. The zero-order valence-corrected chi connectivity index (χ0v) is 10.9. The molecule has 100 valence electrons. The van der Waals surface area contributed by atoms with Crippen LogP contribution in [0.25, 0.3) is 0 Å². The third kappa shape index (κ3) is 2.85. The van der Waals surface area contributed by atoms with Gasteiger partial charge < -0.3 is 9.84 Å². The summed E-state index contributed by atoms with van der Waals surface area (Å²) in [6.45, 7) is 0. The Kier molecular flexibility index (Phi) is 4.14. The second kappa shape index (κ2) is 6.00. The minimum absolute atomic E-state index is 0.419. The van der Waals surface area contributed by atoms with E-state index in [9.17, 15) is 9.90 Å². The highest BCUT2D eigenvalue weighted by Crippen LogP contribution is 2.23. The van der Waals surface area contributed by atoms with Gasteiger partial charge in [-0.2, -0.15) is 5.26 Å². The number of ether oxygens (including phenoxy) is 1. The lowest BCUT2D eigenvalue weighted by Gasteiger charge is -2.12. The van der Waals surface area contributed by atoms with Crippen molar-refractivity contribution in [3.63, 3.8) is 0 Å². The quantitative estimate of drug-likeness (QED) is 0.867. The molecule has 0 aliphatic heterocycles. The summed E-state index contributed by atoms with van der Waals surface area (Å²) >= 11 is 0. The number of methoxy groups -OCH3 is 1. The predicted octanol–water partition coefficient (Wildman–Crippen LogP) is 2.43. The number of benzene rings is 2. The average molecular weight is 267 g/mol. The molecule has 1 unspecified atom stereocenters. The molecule has 0 saturated heterocycles. The van der Waals surface area contributed by atoms with Gasteiger partial charge in [0, 0.05) is 0 Å². The zero-order valence-electron chi connectivity index (χ0n) is 10.9. The Morgan fingerprint density at radius 2 is 1.90 bits per heavy atom. The second-order valence-electron chi connectivity index (χ2n) is 4.25. The van der Waals surface area contributed by atoms with Gasteiger partial charge >= 0.3 is 5.97 Å². The van der Waals surface area contributed by atoms with Gasteiger partial charge in [-0.25, -0.2) is 4.79 Å². The van der Waals surface area contributed by atoms with Crippen molar-refractivity contribution in [3.05, 3.63) is 70.8 Å². The molecule has 2 rings (SSSR count). The van der Waals surface area contributed by atoms with E-state index < -0.39 is 12.1 Å². The van der Waals surface area contributed by atoms with Crippen LogP contribution in [0.1, 0.15) is 33.2 Å². The summed E-state index contributed by atoms with van der Waals surface area (Å²) in [7, 11) is 1.32. The Morgan fingerprint density at radius 1 is 1.20 bits per heavy atom. The molecular formula is C16H13NO3. The molecule has 0 aliphatic carbocycles. The number of nitriles is 1. The number of carbonyl (C=O) groups is 1. The van der Waals surface area contributed by atoms with Gasteiger partial charge in [-0.3, -0.25) is 0 Å². The summed E-state index contributed by atoms with van der Waals surface area (Å²) < 4.78 is 4.61. The highest BCUT2D eigenvalue weighted by atomic mass is 16.5. The molecule has 0 amide bonds. The fraction of sp³-hybridized carbons (Fsp3) is 0.125. The lowest BCUT2D eigenvalue weighted by molar-refractivity contribution is 0.0600. The van der Waals surface area contributed by atoms with E-state index in [4.69, 9.17) is 5.26 Å². The number of aliphatic hydroxyl groups excluding tert-OH is 1. The average Bonchev–Trinajstić information content (AvgIpc) is 2.53. The van der Waals surface area contributed by atoms with Crippen molar-refractivity contribution in [1.82, 2.24) is 0 Å². The first-order valence-corrected chi connectivity index (χ1v) is 6.02. The van der Waals surface area contributed by atoms with E-state index in [2.05, 4.69) is 4.74 Å². The molecule has 1 N–H and O–H groups in total. The molecule has 0 bridgehead atoms. The van der Waals surface area contributed by atoms with Crippen molar-refractivity contribution in [1.29, 1.82) is 5.26 Å². The summed E-state index contributed by atoms with van der Waals surface area (Å²) in [6.07, 6.45) is -0.838. The van der Waals surface area contributed by atoms with Crippen LogP contribution in [0.2, 0.25) is 0 Å². The molecule has 2 aromatic carbocycles. The van der Waals surface area contributed by atoms with Gasteiger partial charge in [-0.1, -0.05) is 24.3 Å². The van der Waals surface area contributed by atoms with E-state index in [0.29, 0.717) is 22.3 Å². The molecule has 4 nitrogen and oxygen atoms in total. The molecule has 2 aromatic rings. The van der Waals surface area contributed by atoms with Crippen molar-refractivity contribution in [2.45, 2.75) is 6.10 Å². The highest BCUT2D eigenvalue weighted by molar-refractivity contribution is 5.89. The molecule has 20 heavy (non-hydrogen) atoms. The van der Waals surface area contributed by atoms with Crippen molar-refractivity contribution in [2.75, 3.05) is 7.11 Å². The molecule has 0 saturated carbocycles. The second-order valence-corrected chi connectivity index (χ2v) is 4.25. The first-order chi connectivity index (χ1) is 9.65. The first-order valence-electron chi connectivity index (χ1n) is 6.02. The van der Waals surface area contributed by atoms with E-state index in [1.54, 1.807) is 48.5 Å². The maximum Gasteiger partial charge on any atom is 0.337 e. The van der Waals surface area contributed by atoms with E-state index in [-0.39, 0.29) is 0 Å². The van der Waals surface area contributed by atoms with E-state index in [0.717, 1.165) is 0 Å². The molecule has 4 heteroatoms. The Hall–Kier alpha value is -2.64. The summed E-state index contributed by atoms with van der Waals surface area (Å²) in [5.41, 5.74) is 2.20. The monoisotopic (exact) mass is 267 g/mol. The minimum atomic E-state index is -0.838. The topological polar surface area (TPSA) is 70.3 Å². The number of hydrogen-bond donors (Lipinski definition) is 1. The lowest BCUT2D eigenvalue weighted by atomic mass is 9.99. The molecule has 0 heterocycles. The Morgan fingerprint density at radius 3 is 2.50 bits per heavy atom. The number of hydrogen-bond acceptors (Lipinski definition) is 4. The zero-order chi connectivity index (χ0) is 14.5. The largest absolute Gasteiger partial charge is 0.465 e. The molecule has 0 fully saturated rings. The van der Waals surface area contributed by atoms with Crippen LogP contribution in [0.3, 0.4) is 0 Å². The SMILES string of the molecule is COC(=O)c1ccc(C(O)c2cccc(C#N)c2)cc1. The van der Waals surface area contributed by atoms with Crippen molar-refractivity contribution >= 4 is 5.97 Å². The van der Waals surface area contributed by atoms with Gasteiger partial charge in [-0.15, -0.1) is 0 Å². The van der Waals surface area contributed by atoms with Crippen LogP contribution in [0.15, 0.2) is 48.5 Å². The fourth-order valence-corrected chi connectivity index (χ4v) is 1.89. The number of rotatable bonds is 3. The van der Waals surface area contributed by atoms with Crippen LogP contribution < -0.4 is 0 Å². The Bertz CT molecular complexity index is 656. The Labute approximate surface area is 116 Å². The number of carbonyl (C=O) groups excluding carboxylic acids is 1. The van der Waals surface area contributed by atoms with Crippen molar-refractivity contribution < 1.29 is 14.6 Å². The fourth-order valence-electron chi connectivity index (χ4n) is 1.89. The number of esters is 1. The summed E-state index contributed by atoms with van der Waals surface area (Å²) in [5, 5.41) is 19.1. The minimum Gasteiger partial charge on any atom is -0.465 e.